The zero-order chi connectivity index (χ0) is 42.5. The largest absolute Gasteiger partial charge is 0.396 e. The molecule has 20 atom stereocenters. The van der Waals surface area contributed by atoms with Crippen molar-refractivity contribution in [2.45, 2.75) is 93.3 Å². The zero-order valence-corrected chi connectivity index (χ0v) is 34.5. The minimum Gasteiger partial charge on any atom is -0.396 e. The van der Waals surface area contributed by atoms with Crippen LogP contribution in [0.3, 0.4) is 0 Å². The Balaban J connectivity index is 1.62. The Bertz CT molecular complexity index is 1130. The van der Waals surface area contributed by atoms with Crippen LogP contribution in [-0.4, -0.2) is 229 Å². The lowest BCUT2D eigenvalue weighted by Gasteiger charge is -2.52. The Hall–Kier alpha value is -0.800. The van der Waals surface area contributed by atoms with Crippen LogP contribution in [0.4, 0.5) is 0 Å². The van der Waals surface area contributed by atoms with Crippen molar-refractivity contribution in [2.24, 2.45) is 41.4 Å². The van der Waals surface area contributed by atoms with Gasteiger partial charge in [-0.25, -0.2) is 0 Å². The number of rotatable bonds is 23. The molecule has 0 saturated carbocycles. The number of hydrogen-bond acceptors (Lipinski definition) is 20. The Morgan fingerprint density at radius 2 is 0.759 bits per heavy atom. The third-order valence-electron chi connectivity index (χ3n) is 12.4. The molecular formula is C38H70O20. The van der Waals surface area contributed by atoms with Gasteiger partial charge in [0.2, 0.25) is 0 Å². The highest BCUT2D eigenvalue weighted by atomic mass is 16.8. The van der Waals surface area contributed by atoms with Crippen molar-refractivity contribution in [3.8, 4) is 0 Å². The van der Waals surface area contributed by atoms with Gasteiger partial charge in [0.15, 0.2) is 18.9 Å². The van der Waals surface area contributed by atoms with Gasteiger partial charge in [0.1, 0.15) is 24.4 Å². The van der Waals surface area contributed by atoms with Crippen molar-refractivity contribution < 1.29 is 97.7 Å². The average Bonchev–Trinajstić information content (AvgIpc) is 3.22. The van der Waals surface area contributed by atoms with Gasteiger partial charge in [-0.15, -0.1) is 0 Å². The van der Waals surface area contributed by atoms with E-state index in [4.69, 9.17) is 56.8 Å². The summed E-state index contributed by atoms with van der Waals surface area (Å²) in [6.07, 6.45) is -11.3. The topological polar surface area (TPSA) is 273 Å². The summed E-state index contributed by atoms with van der Waals surface area (Å²) in [5.41, 5.74) is 0. The summed E-state index contributed by atoms with van der Waals surface area (Å²) in [5, 5.41) is 83.8. The summed E-state index contributed by atoms with van der Waals surface area (Å²) in [5.74, 6) is -5.13. The molecule has 58 heavy (non-hydrogen) atoms. The molecule has 342 valence electrons. The van der Waals surface area contributed by atoms with E-state index in [0.717, 1.165) is 0 Å². The van der Waals surface area contributed by atoms with Crippen LogP contribution in [0.2, 0.25) is 0 Å². The Labute approximate surface area is 340 Å². The minimum atomic E-state index is -1.23. The van der Waals surface area contributed by atoms with Gasteiger partial charge >= 0.3 is 0 Å². The molecule has 4 saturated heterocycles. The van der Waals surface area contributed by atoms with E-state index in [1.54, 1.807) is 0 Å². The molecule has 0 amide bonds. The van der Waals surface area contributed by atoms with Crippen LogP contribution in [0.5, 0.6) is 0 Å². The lowest BCUT2D eigenvalue weighted by molar-refractivity contribution is -0.376. The third-order valence-corrected chi connectivity index (χ3v) is 12.4. The van der Waals surface area contributed by atoms with Gasteiger partial charge in [-0.2, -0.15) is 0 Å². The number of aliphatic hydroxyl groups is 8. The first kappa shape index (κ1) is 49.9. The monoisotopic (exact) mass is 846 g/mol. The average molecular weight is 847 g/mol. The number of methoxy groups -OCH3 is 5. The van der Waals surface area contributed by atoms with E-state index in [-0.39, 0.29) is 52.7 Å². The zero-order valence-electron chi connectivity index (χ0n) is 34.5. The summed E-state index contributed by atoms with van der Waals surface area (Å²) < 4.78 is 73.2. The maximum absolute atomic E-state index is 10.9. The van der Waals surface area contributed by atoms with Crippen LogP contribution in [0.15, 0.2) is 0 Å². The van der Waals surface area contributed by atoms with Crippen molar-refractivity contribution in [2.75, 3.05) is 108 Å². The predicted molar refractivity (Wildman–Crippen MR) is 198 cm³/mol. The van der Waals surface area contributed by atoms with Gasteiger partial charge in [-0.1, -0.05) is 0 Å². The highest BCUT2D eigenvalue weighted by Crippen LogP contribution is 2.43. The Morgan fingerprint density at radius 3 is 1.19 bits per heavy atom. The third kappa shape index (κ3) is 11.0. The first-order valence-electron chi connectivity index (χ1n) is 20.1. The quantitative estimate of drug-likeness (QED) is 0.0501. The van der Waals surface area contributed by atoms with E-state index in [2.05, 4.69) is 0 Å². The molecule has 4 heterocycles. The van der Waals surface area contributed by atoms with Crippen molar-refractivity contribution >= 4 is 0 Å². The van der Waals surface area contributed by atoms with E-state index < -0.39 is 148 Å². The van der Waals surface area contributed by atoms with E-state index in [1.807, 2.05) is 6.92 Å². The van der Waals surface area contributed by atoms with Crippen LogP contribution in [0.1, 0.15) is 13.3 Å². The molecule has 8 N–H and O–H groups in total. The second-order valence-electron chi connectivity index (χ2n) is 15.5. The molecule has 0 spiro atoms. The van der Waals surface area contributed by atoms with E-state index in [0.29, 0.717) is 0 Å². The summed E-state index contributed by atoms with van der Waals surface area (Å²) in [6.45, 7) is -1.37. The molecule has 4 rings (SSSR count). The highest BCUT2D eigenvalue weighted by Gasteiger charge is 2.56. The van der Waals surface area contributed by atoms with Gasteiger partial charge in [0, 0.05) is 97.5 Å². The summed E-state index contributed by atoms with van der Waals surface area (Å²) in [6, 6.07) is 0. The lowest BCUT2D eigenvalue weighted by atomic mass is 9.76. The van der Waals surface area contributed by atoms with Crippen LogP contribution in [0, 0.1) is 41.4 Å². The molecule has 0 aromatic carbocycles. The van der Waals surface area contributed by atoms with Crippen molar-refractivity contribution in [1.82, 2.24) is 0 Å². The van der Waals surface area contributed by atoms with Crippen molar-refractivity contribution in [3.05, 3.63) is 0 Å². The molecule has 0 aromatic heterocycles. The van der Waals surface area contributed by atoms with Gasteiger partial charge < -0.3 is 97.7 Å². The van der Waals surface area contributed by atoms with Crippen molar-refractivity contribution in [1.29, 1.82) is 0 Å². The molecule has 4 fully saturated rings. The lowest BCUT2D eigenvalue weighted by Crippen LogP contribution is -2.65. The summed E-state index contributed by atoms with van der Waals surface area (Å²) in [7, 11) is 7.36. The van der Waals surface area contributed by atoms with Crippen LogP contribution in [-0.2, 0) is 56.8 Å². The van der Waals surface area contributed by atoms with Crippen LogP contribution in [0.25, 0.3) is 0 Å². The first-order valence-corrected chi connectivity index (χ1v) is 20.1. The van der Waals surface area contributed by atoms with Crippen molar-refractivity contribution in [3.63, 3.8) is 0 Å². The molecule has 0 bridgehead atoms. The van der Waals surface area contributed by atoms with E-state index in [9.17, 15) is 40.9 Å². The fourth-order valence-corrected chi connectivity index (χ4v) is 9.46. The molecule has 0 aromatic rings. The molecular weight excluding hydrogens is 776 g/mol. The van der Waals surface area contributed by atoms with Crippen LogP contribution >= 0.6 is 0 Å². The molecule has 0 aliphatic carbocycles. The maximum atomic E-state index is 10.9. The predicted octanol–water partition coefficient (Wildman–Crippen LogP) is -3.28. The van der Waals surface area contributed by atoms with Crippen LogP contribution < -0.4 is 0 Å². The number of hydrogen-bond donors (Lipinski definition) is 8. The van der Waals surface area contributed by atoms with Gasteiger partial charge in [-0.3, -0.25) is 0 Å². The van der Waals surface area contributed by atoms with Gasteiger partial charge in [0.25, 0.3) is 0 Å². The normalized spacial score (nSPS) is 43.8. The summed E-state index contributed by atoms with van der Waals surface area (Å²) in [4.78, 5) is 0. The highest BCUT2D eigenvalue weighted by molar-refractivity contribution is 4.98. The molecule has 20 unspecified atom stereocenters. The second kappa shape index (κ2) is 24.7. The van der Waals surface area contributed by atoms with Gasteiger partial charge in [-0.05, 0) is 19.3 Å². The SMILES string of the molecule is COCC1OC(OC2C(COC)OC(C)C(OC)C2CO)C(CO)C(CO)C1OC1OC(COC)C(OC2OC(CCO)C(CO)C(CO)C2CO)C(CO)C1OC. The van der Waals surface area contributed by atoms with E-state index >= 15 is 0 Å². The fourth-order valence-electron chi connectivity index (χ4n) is 9.46. The standard InChI is InChI=1S/C38H70O20/c1-19-31(50-5)25(14-45)33(28(52-19)16-47-2)56-37-24(13-44)22(11-42)32(29(54-37)17-48-3)58-38-35(51-6)26(15-46)34(30(55-38)18-49-4)57-36-23(12-43)20(9-40)21(10-41)27(53-36)7-8-39/h19-46H,7-18H2,1-6H3. The second-order valence-corrected chi connectivity index (χ2v) is 15.5. The smallest absolute Gasteiger partial charge is 0.185 e. The maximum Gasteiger partial charge on any atom is 0.185 e. The number of ether oxygens (including phenoxy) is 12. The first-order chi connectivity index (χ1) is 28.1. The Kier molecular flexibility index (Phi) is 21.3. The number of aliphatic hydroxyl groups excluding tert-OH is 8. The molecule has 4 aliphatic rings. The molecule has 0 radical (unpaired) electrons. The van der Waals surface area contributed by atoms with E-state index in [1.165, 1.54) is 35.5 Å². The van der Waals surface area contributed by atoms with Gasteiger partial charge in [0.05, 0.1) is 82.9 Å². The molecule has 20 heteroatoms. The fraction of sp³-hybridized carbons (Fsp3) is 1.00. The molecule has 4 aliphatic heterocycles. The minimum absolute atomic E-state index is 0.0402. The Morgan fingerprint density at radius 1 is 0.379 bits per heavy atom. The summed E-state index contributed by atoms with van der Waals surface area (Å²) >= 11 is 0. The molecule has 20 nitrogen and oxygen atoms in total.